The van der Waals surface area contributed by atoms with Gasteiger partial charge in [0.15, 0.2) is 6.29 Å². The van der Waals surface area contributed by atoms with E-state index < -0.39 is 0 Å². The first-order valence-corrected chi connectivity index (χ1v) is 6.28. The Morgan fingerprint density at radius 1 is 1.33 bits per heavy atom. The van der Waals surface area contributed by atoms with Crippen molar-refractivity contribution < 1.29 is 9.53 Å². The Morgan fingerprint density at radius 3 is 2.83 bits per heavy atom. The summed E-state index contributed by atoms with van der Waals surface area (Å²) >= 11 is 1.56. The minimum Gasteiger partial charge on any atom is -0.497 e. The summed E-state index contributed by atoms with van der Waals surface area (Å²) in [5.41, 5.74) is 1.59. The summed E-state index contributed by atoms with van der Waals surface area (Å²) < 4.78 is 5.18. The predicted molar refractivity (Wildman–Crippen MR) is 71.5 cm³/mol. The van der Waals surface area contributed by atoms with Crippen LogP contribution in [-0.2, 0) is 0 Å². The second kappa shape index (κ2) is 5.69. The molecule has 18 heavy (non-hydrogen) atoms. The number of ether oxygens (including phenoxy) is 1. The maximum atomic E-state index is 10.6. The monoisotopic (exact) mass is 259 g/mol. The van der Waals surface area contributed by atoms with E-state index in [1.54, 1.807) is 25.1 Å². The van der Waals surface area contributed by atoms with Gasteiger partial charge < -0.3 is 4.74 Å². The molecule has 3 nitrogen and oxygen atoms in total. The van der Waals surface area contributed by atoms with E-state index in [4.69, 9.17) is 4.74 Å². The number of aryl methyl sites for hydroxylation is 1. The van der Waals surface area contributed by atoms with Crippen LogP contribution in [0.1, 0.15) is 15.9 Å². The smallest absolute Gasteiger partial charge is 0.151 e. The number of hydrogen-bond donors (Lipinski definition) is 0. The lowest BCUT2D eigenvalue weighted by Gasteiger charge is -2.06. The van der Waals surface area contributed by atoms with E-state index in [9.17, 15) is 4.79 Å². The molecule has 1 aromatic carbocycles. The summed E-state index contributed by atoms with van der Waals surface area (Å²) in [5.74, 6) is 0.821. The molecule has 0 bridgehead atoms. The van der Waals surface area contributed by atoms with Gasteiger partial charge in [-0.1, -0.05) is 17.8 Å². The van der Waals surface area contributed by atoms with E-state index in [-0.39, 0.29) is 0 Å². The first kappa shape index (κ1) is 12.6. The number of aldehydes is 1. The van der Waals surface area contributed by atoms with E-state index in [1.165, 1.54) is 0 Å². The third-order valence-electron chi connectivity index (χ3n) is 2.44. The van der Waals surface area contributed by atoms with E-state index in [0.29, 0.717) is 5.56 Å². The van der Waals surface area contributed by atoms with Gasteiger partial charge in [0.2, 0.25) is 0 Å². The average molecular weight is 259 g/mol. The molecule has 2 aromatic rings. The molecule has 0 unspecified atom stereocenters. The molecule has 0 aliphatic carbocycles. The lowest BCUT2D eigenvalue weighted by Crippen LogP contribution is -1.90. The Labute approximate surface area is 110 Å². The van der Waals surface area contributed by atoms with Crippen molar-refractivity contribution >= 4 is 18.0 Å². The zero-order valence-corrected chi connectivity index (χ0v) is 11.0. The first-order valence-electron chi connectivity index (χ1n) is 5.46. The number of rotatable bonds is 4. The molecule has 0 saturated carbocycles. The Morgan fingerprint density at radius 2 is 2.17 bits per heavy atom. The fourth-order valence-corrected chi connectivity index (χ4v) is 2.40. The van der Waals surface area contributed by atoms with Crippen LogP contribution < -0.4 is 4.74 Å². The van der Waals surface area contributed by atoms with Crippen molar-refractivity contribution in [1.29, 1.82) is 0 Å². The molecule has 0 fully saturated rings. The van der Waals surface area contributed by atoms with Crippen molar-refractivity contribution in [2.24, 2.45) is 0 Å². The summed E-state index contributed by atoms with van der Waals surface area (Å²) in [4.78, 5) is 16.0. The highest BCUT2D eigenvalue weighted by molar-refractivity contribution is 7.99. The van der Waals surface area contributed by atoms with E-state index >= 15 is 0 Å². The lowest BCUT2D eigenvalue weighted by atomic mass is 10.2. The van der Waals surface area contributed by atoms with E-state index in [1.807, 2.05) is 37.3 Å². The Hall–Kier alpha value is -1.81. The minimum absolute atomic E-state index is 0.600. The van der Waals surface area contributed by atoms with Gasteiger partial charge in [0, 0.05) is 16.7 Å². The van der Waals surface area contributed by atoms with Crippen molar-refractivity contribution in [2.45, 2.75) is 16.8 Å². The van der Waals surface area contributed by atoms with Gasteiger partial charge in [-0.2, -0.15) is 0 Å². The molecule has 0 atom stereocenters. The molecule has 1 aromatic heterocycles. The van der Waals surface area contributed by atoms with E-state index in [2.05, 4.69) is 4.98 Å². The molecule has 0 radical (unpaired) electrons. The second-order valence-electron chi connectivity index (χ2n) is 3.79. The third kappa shape index (κ3) is 2.90. The molecule has 1 heterocycles. The van der Waals surface area contributed by atoms with Gasteiger partial charge in [-0.25, -0.2) is 4.98 Å². The van der Waals surface area contributed by atoms with Crippen molar-refractivity contribution in [1.82, 2.24) is 4.98 Å². The van der Waals surface area contributed by atoms with Gasteiger partial charge in [-0.05, 0) is 36.8 Å². The lowest BCUT2D eigenvalue weighted by molar-refractivity contribution is 0.112. The number of nitrogens with zero attached hydrogens (tertiary/aromatic N) is 1. The van der Waals surface area contributed by atoms with Crippen LogP contribution in [0.15, 0.2) is 46.5 Å². The second-order valence-corrected chi connectivity index (χ2v) is 4.85. The van der Waals surface area contributed by atoms with Crippen molar-refractivity contribution in [3.63, 3.8) is 0 Å². The number of benzene rings is 1. The topological polar surface area (TPSA) is 39.2 Å². The average Bonchev–Trinajstić information content (AvgIpc) is 2.41. The highest BCUT2D eigenvalue weighted by atomic mass is 32.2. The number of pyridine rings is 1. The normalized spacial score (nSPS) is 10.1. The molecule has 0 aliphatic heterocycles. The number of methoxy groups -OCH3 is 1. The minimum atomic E-state index is 0.600. The molecule has 0 amide bonds. The van der Waals surface area contributed by atoms with Crippen LogP contribution in [-0.4, -0.2) is 18.4 Å². The molecule has 0 spiro atoms. The van der Waals surface area contributed by atoms with Gasteiger partial charge in [0.05, 0.1) is 7.11 Å². The SMILES string of the molecule is COc1cccc(Sc2ncc(C=O)cc2C)c1. The summed E-state index contributed by atoms with van der Waals surface area (Å²) in [6.45, 7) is 1.95. The van der Waals surface area contributed by atoms with Crippen LogP contribution in [0.4, 0.5) is 0 Å². The zero-order valence-electron chi connectivity index (χ0n) is 10.2. The van der Waals surface area contributed by atoms with Crippen LogP contribution >= 0.6 is 11.8 Å². The maximum Gasteiger partial charge on any atom is 0.151 e. The number of aromatic nitrogens is 1. The maximum absolute atomic E-state index is 10.6. The molecule has 92 valence electrons. The summed E-state index contributed by atoms with van der Waals surface area (Å²) in [6.07, 6.45) is 2.39. The van der Waals surface area contributed by atoms with Crippen LogP contribution in [0.3, 0.4) is 0 Å². The van der Waals surface area contributed by atoms with Gasteiger partial charge in [-0.15, -0.1) is 0 Å². The largest absolute Gasteiger partial charge is 0.497 e. The summed E-state index contributed by atoms with van der Waals surface area (Å²) in [6, 6.07) is 9.64. The first-order chi connectivity index (χ1) is 8.72. The van der Waals surface area contributed by atoms with Gasteiger partial charge in [0.1, 0.15) is 10.8 Å². The molecule has 0 aliphatic rings. The van der Waals surface area contributed by atoms with Crippen LogP contribution in [0.5, 0.6) is 5.75 Å². The molecule has 0 saturated heterocycles. The van der Waals surface area contributed by atoms with Crippen molar-refractivity contribution in [2.75, 3.05) is 7.11 Å². The van der Waals surface area contributed by atoms with Gasteiger partial charge >= 0.3 is 0 Å². The molecule has 0 N–H and O–H groups in total. The number of carbonyl (C=O) groups is 1. The van der Waals surface area contributed by atoms with Crippen molar-refractivity contribution in [3.8, 4) is 5.75 Å². The Bertz CT molecular complexity index is 569. The van der Waals surface area contributed by atoms with Crippen LogP contribution in [0.2, 0.25) is 0 Å². The Balaban J connectivity index is 2.25. The van der Waals surface area contributed by atoms with Gasteiger partial charge in [0.25, 0.3) is 0 Å². The molecular weight excluding hydrogens is 246 g/mol. The quantitative estimate of drug-likeness (QED) is 0.789. The molecular formula is C14H13NO2S. The van der Waals surface area contributed by atoms with Crippen LogP contribution in [0, 0.1) is 6.92 Å². The molecule has 2 rings (SSSR count). The van der Waals surface area contributed by atoms with Crippen LogP contribution in [0.25, 0.3) is 0 Å². The third-order valence-corrected chi connectivity index (χ3v) is 3.55. The Kier molecular flexibility index (Phi) is 3.99. The highest BCUT2D eigenvalue weighted by Gasteiger charge is 2.05. The number of carbonyl (C=O) groups excluding carboxylic acids is 1. The van der Waals surface area contributed by atoms with E-state index in [0.717, 1.165) is 27.5 Å². The summed E-state index contributed by atoms with van der Waals surface area (Å²) in [7, 11) is 1.64. The predicted octanol–water partition coefficient (Wildman–Crippen LogP) is 3.36. The number of hydrogen-bond acceptors (Lipinski definition) is 4. The van der Waals surface area contributed by atoms with Crippen molar-refractivity contribution in [3.05, 3.63) is 47.7 Å². The fraction of sp³-hybridized carbons (Fsp3) is 0.143. The molecule has 4 heteroatoms. The fourth-order valence-electron chi connectivity index (χ4n) is 1.53. The standard InChI is InChI=1S/C14H13NO2S/c1-10-6-11(9-16)8-15-14(10)18-13-5-3-4-12(7-13)17-2/h3-9H,1-2H3. The summed E-state index contributed by atoms with van der Waals surface area (Å²) in [5, 5.41) is 0.897. The zero-order chi connectivity index (χ0) is 13.0. The van der Waals surface area contributed by atoms with Gasteiger partial charge in [-0.3, -0.25) is 4.79 Å². The highest BCUT2D eigenvalue weighted by Crippen LogP contribution is 2.30.